The minimum absolute atomic E-state index is 0. The minimum atomic E-state index is -0.284. The van der Waals surface area contributed by atoms with Crippen LogP contribution >= 0.6 is 28.3 Å². The number of carbonyl (C=O) groups excluding carboxylic acids is 1. The van der Waals surface area contributed by atoms with Gasteiger partial charge >= 0.3 is 0 Å². The number of likely N-dealkylation sites (tertiary alicyclic amines) is 1. The van der Waals surface area contributed by atoms with Crippen LogP contribution in [0.25, 0.3) is 0 Å². The Kier molecular flexibility index (Phi) is 7.74. The van der Waals surface area contributed by atoms with Gasteiger partial charge in [0.1, 0.15) is 0 Å². The highest BCUT2D eigenvalue weighted by Gasteiger charge is 2.48. The Labute approximate surface area is 165 Å². The lowest BCUT2D eigenvalue weighted by Crippen LogP contribution is -2.53. The van der Waals surface area contributed by atoms with Gasteiger partial charge in [-0.2, -0.15) is 0 Å². The van der Waals surface area contributed by atoms with Crippen molar-refractivity contribution >= 4 is 34.2 Å². The fourth-order valence-corrected chi connectivity index (χ4v) is 4.05. The van der Waals surface area contributed by atoms with Crippen molar-refractivity contribution in [3.8, 4) is 0 Å². The van der Waals surface area contributed by atoms with E-state index in [4.69, 9.17) is 10.5 Å². The first-order valence-corrected chi connectivity index (χ1v) is 9.82. The molecule has 1 aliphatic heterocycles. The lowest BCUT2D eigenvalue weighted by Gasteiger charge is -2.45. The van der Waals surface area contributed by atoms with Gasteiger partial charge in [0.25, 0.3) is 0 Å². The molecule has 2 fully saturated rings. The van der Waals surface area contributed by atoms with Crippen molar-refractivity contribution < 1.29 is 9.53 Å². The molecule has 4 nitrogen and oxygen atoms in total. The third-order valence-electron chi connectivity index (χ3n) is 5.44. The first-order chi connectivity index (χ1) is 11.7. The van der Waals surface area contributed by atoms with Crippen LogP contribution in [0.2, 0.25) is 0 Å². The smallest absolute Gasteiger partial charge is 0.233 e. The van der Waals surface area contributed by atoms with Crippen LogP contribution in [0.3, 0.4) is 0 Å². The summed E-state index contributed by atoms with van der Waals surface area (Å²) in [5.74, 6) is 0.316. The summed E-state index contributed by atoms with van der Waals surface area (Å²) in [6.07, 6.45) is 6.15. The topological polar surface area (TPSA) is 55.6 Å². The van der Waals surface area contributed by atoms with Gasteiger partial charge in [-0.15, -0.1) is 12.4 Å². The number of hydrogen-bond donors (Lipinski definition) is 1. The van der Waals surface area contributed by atoms with Gasteiger partial charge in [-0.05, 0) is 56.3 Å². The average Bonchev–Trinajstić information content (AvgIpc) is 2.56. The number of amides is 1. The molecule has 0 aromatic heterocycles. The Morgan fingerprint density at radius 2 is 1.88 bits per heavy atom. The summed E-state index contributed by atoms with van der Waals surface area (Å²) < 4.78 is 6.91. The van der Waals surface area contributed by atoms with E-state index >= 15 is 0 Å². The van der Waals surface area contributed by atoms with Crippen LogP contribution in [0.5, 0.6) is 0 Å². The zero-order valence-electron chi connectivity index (χ0n) is 14.6. The molecule has 0 spiro atoms. The van der Waals surface area contributed by atoms with Gasteiger partial charge in [0.15, 0.2) is 0 Å². The second-order valence-electron chi connectivity index (χ2n) is 6.95. The first-order valence-electron chi connectivity index (χ1n) is 9.03. The van der Waals surface area contributed by atoms with Crippen LogP contribution < -0.4 is 5.73 Å². The van der Waals surface area contributed by atoms with Crippen molar-refractivity contribution in [2.45, 2.75) is 50.0 Å². The van der Waals surface area contributed by atoms with E-state index in [1.54, 1.807) is 0 Å². The largest absolute Gasteiger partial charge is 0.378 e. The van der Waals surface area contributed by atoms with Crippen LogP contribution in [0.4, 0.5) is 0 Å². The van der Waals surface area contributed by atoms with Gasteiger partial charge in [0.05, 0.1) is 11.5 Å². The molecule has 2 aliphatic rings. The Morgan fingerprint density at radius 1 is 1.24 bits per heavy atom. The van der Waals surface area contributed by atoms with E-state index in [2.05, 4.69) is 33.0 Å². The molecule has 1 aromatic carbocycles. The van der Waals surface area contributed by atoms with Crippen molar-refractivity contribution in [3.63, 3.8) is 0 Å². The van der Waals surface area contributed by atoms with Crippen LogP contribution in [0, 0.1) is 0 Å². The van der Waals surface area contributed by atoms with Crippen LogP contribution in [0.15, 0.2) is 28.7 Å². The molecule has 0 unspecified atom stereocenters. The Morgan fingerprint density at radius 3 is 2.40 bits per heavy atom. The van der Waals surface area contributed by atoms with E-state index in [0.29, 0.717) is 12.5 Å². The molecule has 1 saturated carbocycles. The van der Waals surface area contributed by atoms with Crippen molar-refractivity contribution in [2.75, 3.05) is 26.2 Å². The quantitative estimate of drug-likeness (QED) is 0.700. The third kappa shape index (κ3) is 4.57. The van der Waals surface area contributed by atoms with Crippen LogP contribution in [0.1, 0.15) is 44.1 Å². The summed E-state index contributed by atoms with van der Waals surface area (Å²) in [5, 5.41) is 0. The maximum absolute atomic E-state index is 13.2. The summed E-state index contributed by atoms with van der Waals surface area (Å²) in [4.78, 5) is 15.3. The molecule has 3 rings (SSSR count). The van der Waals surface area contributed by atoms with E-state index in [0.717, 1.165) is 62.7 Å². The molecule has 1 aromatic rings. The van der Waals surface area contributed by atoms with Crippen molar-refractivity contribution in [2.24, 2.45) is 5.73 Å². The van der Waals surface area contributed by atoms with Gasteiger partial charge in [-0.3, -0.25) is 4.79 Å². The highest BCUT2D eigenvalue weighted by atomic mass is 79.9. The molecule has 1 aliphatic carbocycles. The van der Waals surface area contributed by atoms with E-state index in [9.17, 15) is 4.79 Å². The Bertz CT molecular complexity index is 555. The average molecular weight is 432 g/mol. The van der Waals surface area contributed by atoms with Crippen LogP contribution in [-0.4, -0.2) is 43.2 Å². The molecule has 0 radical (unpaired) electrons. The maximum atomic E-state index is 13.2. The van der Waals surface area contributed by atoms with Gasteiger partial charge in [-0.25, -0.2) is 0 Å². The van der Waals surface area contributed by atoms with Gasteiger partial charge in [0.2, 0.25) is 5.91 Å². The zero-order valence-corrected chi connectivity index (χ0v) is 17.0. The normalized spacial score (nSPS) is 19.8. The maximum Gasteiger partial charge on any atom is 0.233 e. The number of carbonyl (C=O) groups is 1. The SMILES string of the molecule is Cl.NCCCOC1CCN(C(=O)C2(c3ccc(Br)cc3)CCC2)CC1. The van der Waals surface area contributed by atoms with E-state index < -0.39 is 0 Å². The Balaban J connectivity index is 0.00000225. The summed E-state index contributed by atoms with van der Waals surface area (Å²) in [7, 11) is 0. The summed E-state index contributed by atoms with van der Waals surface area (Å²) in [5.41, 5.74) is 6.39. The number of piperidine rings is 1. The van der Waals surface area contributed by atoms with E-state index in [-0.39, 0.29) is 23.9 Å². The second-order valence-corrected chi connectivity index (χ2v) is 7.86. The zero-order chi connectivity index (χ0) is 17.0. The number of ether oxygens (including phenoxy) is 1. The molecule has 2 N–H and O–H groups in total. The third-order valence-corrected chi connectivity index (χ3v) is 5.97. The summed E-state index contributed by atoms with van der Waals surface area (Å²) >= 11 is 3.48. The monoisotopic (exact) mass is 430 g/mol. The van der Waals surface area contributed by atoms with E-state index in [1.165, 1.54) is 5.56 Å². The fraction of sp³-hybridized carbons (Fsp3) is 0.632. The Hall–Kier alpha value is -0.620. The molecule has 25 heavy (non-hydrogen) atoms. The lowest BCUT2D eigenvalue weighted by atomic mass is 9.63. The molecule has 140 valence electrons. The standard InChI is InChI=1S/C19H27BrN2O2.ClH/c20-16-5-3-15(4-6-16)19(9-1-10-19)18(23)22-12-7-17(8-13-22)24-14-2-11-21;/h3-6,17H,1-2,7-14,21H2;1H. The first kappa shape index (κ1) is 20.7. The second kappa shape index (κ2) is 9.36. The molecule has 1 saturated heterocycles. The highest BCUT2D eigenvalue weighted by molar-refractivity contribution is 9.10. The number of benzene rings is 1. The molecular formula is C19H28BrClN2O2. The van der Waals surface area contributed by atoms with Gasteiger partial charge in [0, 0.05) is 24.2 Å². The molecule has 0 bridgehead atoms. The number of halogens is 2. The summed E-state index contributed by atoms with van der Waals surface area (Å²) in [6, 6.07) is 8.29. The van der Waals surface area contributed by atoms with Crippen molar-refractivity contribution in [1.82, 2.24) is 4.90 Å². The predicted molar refractivity (Wildman–Crippen MR) is 106 cm³/mol. The van der Waals surface area contributed by atoms with Crippen molar-refractivity contribution in [1.29, 1.82) is 0 Å². The highest BCUT2D eigenvalue weighted by Crippen LogP contribution is 2.45. The van der Waals surface area contributed by atoms with E-state index in [1.807, 2.05) is 12.1 Å². The molecule has 1 heterocycles. The molecular weight excluding hydrogens is 404 g/mol. The fourth-order valence-electron chi connectivity index (χ4n) is 3.79. The molecule has 6 heteroatoms. The van der Waals surface area contributed by atoms with Gasteiger partial charge in [-0.1, -0.05) is 34.5 Å². The van der Waals surface area contributed by atoms with Crippen LogP contribution in [-0.2, 0) is 14.9 Å². The number of nitrogens with two attached hydrogens (primary N) is 1. The lowest BCUT2D eigenvalue weighted by molar-refractivity contribution is -0.143. The van der Waals surface area contributed by atoms with Crippen molar-refractivity contribution in [3.05, 3.63) is 34.3 Å². The number of nitrogens with zero attached hydrogens (tertiary/aromatic N) is 1. The predicted octanol–water partition coefficient (Wildman–Crippen LogP) is 3.65. The minimum Gasteiger partial charge on any atom is -0.378 e. The molecule has 1 amide bonds. The number of hydrogen-bond acceptors (Lipinski definition) is 3. The molecule has 0 atom stereocenters. The summed E-state index contributed by atoms with van der Waals surface area (Å²) in [6.45, 7) is 3.03. The van der Waals surface area contributed by atoms with Gasteiger partial charge < -0.3 is 15.4 Å². The number of rotatable bonds is 6.